The first-order chi connectivity index (χ1) is 8.99. The second-order valence-corrected chi connectivity index (χ2v) is 5.17. The Hall–Kier alpha value is -1.75. The molecule has 3 nitrogen and oxygen atoms in total. The van der Waals surface area contributed by atoms with Gasteiger partial charge in [-0.2, -0.15) is 0 Å². The van der Waals surface area contributed by atoms with Crippen molar-refractivity contribution >= 4 is 17.2 Å². The summed E-state index contributed by atoms with van der Waals surface area (Å²) in [5.41, 5.74) is 7.13. The van der Waals surface area contributed by atoms with E-state index in [2.05, 4.69) is 18.8 Å². The Bertz CT molecular complexity index is 604. The summed E-state index contributed by atoms with van der Waals surface area (Å²) in [5.74, 6) is 0.975. The molecule has 0 aliphatic rings. The van der Waals surface area contributed by atoms with E-state index in [1.54, 1.807) is 12.3 Å². The molecule has 0 aliphatic carbocycles. The number of hydrogen-bond acceptors (Lipinski definition) is 2. The monoisotopic (exact) mass is 277 g/mol. The van der Waals surface area contributed by atoms with Crippen LogP contribution in [0.2, 0.25) is 0 Å². The number of benzene rings is 1. The van der Waals surface area contributed by atoms with Crippen molar-refractivity contribution in [3.05, 3.63) is 53.4 Å². The number of hydrogen-bond donors (Lipinski definition) is 1. The van der Waals surface area contributed by atoms with Gasteiger partial charge in [0.05, 0.1) is 0 Å². The van der Waals surface area contributed by atoms with Crippen LogP contribution >= 0.6 is 12.2 Å². The molecule has 2 N–H and O–H groups in total. The predicted molar refractivity (Wildman–Crippen MR) is 77.7 cm³/mol. The van der Waals surface area contributed by atoms with Gasteiger partial charge in [0, 0.05) is 30.4 Å². The summed E-state index contributed by atoms with van der Waals surface area (Å²) in [6, 6.07) is 4.51. The Balaban J connectivity index is 2.38. The minimum Gasteiger partial charge on any atom is -0.389 e. The second-order valence-electron chi connectivity index (χ2n) is 4.73. The zero-order valence-electron chi connectivity index (χ0n) is 10.9. The maximum atomic E-state index is 13.3. The van der Waals surface area contributed by atoms with Gasteiger partial charge < -0.3 is 10.3 Å². The lowest BCUT2D eigenvalue weighted by molar-refractivity contribution is 0.624. The highest BCUT2D eigenvalue weighted by Gasteiger charge is 2.11. The van der Waals surface area contributed by atoms with Gasteiger partial charge in [-0.15, -0.1) is 0 Å². The highest BCUT2D eigenvalue weighted by Crippen LogP contribution is 2.17. The first-order valence-corrected chi connectivity index (χ1v) is 6.49. The van der Waals surface area contributed by atoms with Crippen LogP contribution in [0.1, 0.15) is 36.7 Å². The van der Waals surface area contributed by atoms with Gasteiger partial charge in [-0.3, -0.25) is 0 Å². The highest BCUT2D eigenvalue weighted by molar-refractivity contribution is 7.80. The van der Waals surface area contributed by atoms with Gasteiger partial charge in [0.15, 0.2) is 0 Å². The van der Waals surface area contributed by atoms with Crippen LogP contribution in [0.4, 0.5) is 4.39 Å². The van der Waals surface area contributed by atoms with E-state index in [1.807, 2.05) is 10.8 Å². The van der Waals surface area contributed by atoms with E-state index in [0.29, 0.717) is 18.0 Å². The van der Waals surface area contributed by atoms with Crippen LogP contribution in [-0.4, -0.2) is 14.5 Å². The SMILES string of the molecule is CC(C)c1nccn1Cc1ccc(F)cc1C(N)=S. The summed E-state index contributed by atoms with van der Waals surface area (Å²) in [6.45, 7) is 4.75. The van der Waals surface area contributed by atoms with E-state index < -0.39 is 0 Å². The quantitative estimate of drug-likeness (QED) is 0.874. The van der Waals surface area contributed by atoms with Crippen molar-refractivity contribution in [2.24, 2.45) is 5.73 Å². The van der Waals surface area contributed by atoms with Crippen molar-refractivity contribution in [2.45, 2.75) is 26.3 Å². The van der Waals surface area contributed by atoms with Crippen molar-refractivity contribution < 1.29 is 4.39 Å². The average molecular weight is 277 g/mol. The molecular weight excluding hydrogens is 261 g/mol. The van der Waals surface area contributed by atoms with Gasteiger partial charge >= 0.3 is 0 Å². The van der Waals surface area contributed by atoms with Crippen LogP contribution in [0.15, 0.2) is 30.6 Å². The van der Waals surface area contributed by atoms with Gasteiger partial charge in [0.2, 0.25) is 0 Å². The molecule has 1 heterocycles. The molecule has 19 heavy (non-hydrogen) atoms. The van der Waals surface area contributed by atoms with Crippen LogP contribution in [0, 0.1) is 5.82 Å². The third-order valence-corrected chi connectivity index (χ3v) is 3.16. The van der Waals surface area contributed by atoms with E-state index in [9.17, 15) is 4.39 Å². The minimum atomic E-state index is -0.332. The molecule has 0 saturated heterocycles. The number of nitrogens with zero attached hydrogens (tertiary/aromatic N) is 2. The lowest BCUT2D eigenvalue weighted by Gasteiger charge is -2.13. The van der Waals surface area contributed by atoms with E-state index >= 15 is 0 Å². The molecular formula is C14H16FN3S. The third kappa shape index (κ3) is 2.98. The number of halogens is 1. The fraction of sp³-hybridized carbons (Fsp3) is 0.286. The maximum absolute atomic E-state index is 13.3. The van der Waals surface area contributed by atoms with Crippen molar-refractivity contribution in [3.63, 3.8) is 0 Å². The Kier molecular flexibility index (Phi) is 3.95. The maximum Gasteiger partial charge on any atom is 0.123 e. The van der Waals surface area contributed by atoms with Crippen molar-refractivity contribution in [1.29, 1.82) is 0 Å². The lowest BCUT2D eigenvalue weighted by Crippen LogP contribution is -2.15. The van der Waals surface area contributed by atoms with E-state index in [1.165, 1.54) is 12.1 Å². The molecule has 0 unspecified atom stereocenters. The molecule has 1 aromatic heterocycles. The molecule has 0 radical (unpaired) electrons. The Labute approximate surface area is 117 Å². The molecule has 100 valence electrons. The molecule has 0 saturated carbocycles. The van der Waals surface area contributed by atoms with Crippen LogP contribution in [0.3, 0.4) is 0 Å². The second kappa shape index (κ2) is 5.48. The standard InChI is InChI=1S/C14H16FN3S/c1-9(2)14-17-5-6-18(14)8-10-3-4-11(15)7-12(10)13(16)19/h3-7,9H,8H2,1-2H3,(H2,16,19). The van der Waals surface area contributed by atoms with Crippen LogP contribution in [-0.2, 0) is 6.54 Å². The van der Waals surface area contributed by atoms with Crippen LogP contribution < -0.4 is 5.73 Å². The summed E-state index contributed by atoms with van der Waals surface area (Å²) in [5, 5.41) is 0. The van der Waals surface area contributed by atoms with E-state index in [0.717, 1.165) is 11.4 Å². The number of imidazole rings is 1. The fourth-order valence-electron chi connectivity index (χ4n) is 2.05. The first kappa shape index (κ1) is 13.7. The summed E-state index contributed by atoms with van der Waals surface area (Å²) in [7, 11) is 0. The van der Waals surface area contributed by atoms with Crippen molar-refractivity contribution in [3.8, 4) is 0 Å². The van der Waals surface area contributed by atoms with E-state index in [4.69, 9.17) is 18.0 Å². The van der Waals surface area contributed by atoms with Gasteiger partial charge in [-0.05, 0) is 17.7 Å². The van der Waals surface area contributed by atoms with Gasteiger partial charge in [0.25, 0.3) is 0 Å². The zero-order chi connectivity index (χ0) is 14.0. The topological polar surface area (TPSA) is 43.8 Å². The molecule has 0 spiro atoms. The van der Waals surface area contributed by atoms with Crippen molar-refractivity contribution in [1.82, 2.24) is 9.55 Å². The fourth-order valence-corrected chi connectivity index (χ4v) is 2.24. The summed E-state index contributed by atoms with van der Waals surface area (Å²) < 4.78 is 15.3. The lowest BCUT2D eigenvalue weighted by atomic mass is 10.1. The molecule has 0 bridgehead atoms. The molecule has 1 aromatic carbocycles. The first-order valence-electron chi connectivity index (χ1n) is 6.08. The Morgan fingerprint density at radius 2 is 2.21 bits per heavy atom. The molecule has 0 amide bonds. The minimum absolute atomic E-state index is 0.209. The normalized spacial score (nSPS) is 10.9. The third-order valence-electron chi connectivity index (χ3n) is 2.94. The van der Waals surface area contributed by atoms with Gasteiger partial charge in [-0.1, -0.05) is 32.1 Å². The van der Waals surface area contributed by atoms with E-state index in [-0.39, 0.29) is 10.8 Å². The molecule has 0 aliphatic heterocycles. The number of thiocarbonyl (C=S) groups is 1. The van der Waals surface area contributed by atoms with Gasteiger partial charge in [0.1, 0.15) is 16.6 Å². The Morgan fingerprint density at radius 1 is 1.47 bits per heavy atom. The molecule has 0 atom stereocenters. The molecule has 2 aromatic rings. The molecule has 2 rings (SSSR count). The largest absolute Gasteiger partial charge is 0.389 e. The van der Waals surface area contributed by atoms with Crippen LogP contribution in [0.25, 0.3) is 0 Å². The van der Waals surface area contributed by atoms with Crippen LogP contribution in [0.5, 0.6) is 0 Å². The number of rotatable bonds is 4. The summed E-state index contributed by atoms with van der Waals surface area (Å²) >= 11 is 4.98. The zero-order valence-corrected chi connectivity index (χ0v) is 11.7. The smallest absolute Gasteiger partial charge is 0.123 e. The number of nitrogens with two attached hydrogens (primary N) is 1. The highest BCUT2D eigenvalue weighted by atomic mass is 32.1. The summed E-state index contributed by atoms with van der Waals surface area (Å²) in [6.07, 6.45) is 3.67. The Morgan fingerprint density at radius 3 is 2.84 bits per heavy atom. The predicted octanol–water partition coefficient (Wildman–Crippen LogP) is 2.83. The van der Waals surface area contributed by atoms with Gasteiger partial charge in [-0.25, -0.2) is 9.37 Å². The van der Waals surface area contributed by atoms with Crippen molar-refractivity contribution in [2.75, 3.05) is 0 Å². The summed E-state index contributed by atoms with van der Waals surface area (Å²) in [4.78, 5) is 4.54. The average Bonchev–Trinajstić information content (AvgIpc) is 2.79. The molecule has 5 heteroatoms. The molecule has 0 fully saturated rings. The number of aromatic nitrogens is 2.